The quantitative estimate of drug-likeness (QED) is 0.357. The molecular weight excluding hydrogens is 392 g/mol. The maximum Gasteiger partial charge on any atom is 0.134 e. The molecular formula is C27H21F2NO. The van der Waals surface area contributed by atoms with Gasteiger partial charge >= 0.3 is 0 Å². The number of hydrogen-bond donors (Lipinski definition) is 0. The van der Waals surface area contributed by atoms with E-state index < -0.39 is 0 Å². The third kappa shape index (κ3) is 4.47. The molecule has 4 rings (SSSR count). The standard InChI is InChI=1S/C27H21F2NO/c1-31-17-20-7-12-24(26(28)14-20)22-11-13-25-23(15-22)10-9-21(27(25)29)8-6-18-2-4-19(16-30)5-3-18/h2-5,7,9-15H,6,8,17H2,1H3. The zero-order valence-electron chi connectivity index (χ0n) is 17.2. The van der Waals surface area contributed by atoms with Crippen LogP contribution in [0.3, 0.4) is 0 Å². The fraction of sp³-hybridized carbons (Fsp3) is 0.148. The van der Waals surface area contributed by atoms with Crippen LogP contribution in [0.25, 0.3) is 21.9 Å². The summed E-state index contributed by atoms with van der Waals surface area (Å²) in [4.78, 5) is 0. The Morgan fingerprint density at radius 1 is 0.839 bits per heavy atom. The zero-order valence-corrected chi connectivity index (χ0v) is 17.2. The van der Waals surface area contributed by atoms with Crippen LogP contribution in [0, 0.1) is 23.0 Å². The average Bonchev–Trinajstić information content (AvgIpc) is 2.79. The predicted octanol–water partition coefficient (Wildman–Crippen LogP) is 6.59. The van der Waals surface area contributed by atoms with Crippen molar-refractivity contribution in [2.24, 2.45) is 0 Å². The smallest absolute Gasteiger partial charge is 0.134 e. The highest BCUT2D eigenvalue weighted by atomic mass is 19.1. The van der Waals surface area contributed by atoms with Gasteiger partial charge in [0.2, 0.25) is 0 Å². The van der Waals surface area contributed by atoms with Gasteiger partial charge in [-0.3, -0.25) is 0 Å². The number of hydrogen-bond acceptors (Lipinski definition) is 2. The van der Waals surface area contributed by atoms with Crippen LogP contribution in [-0.4, -0.2) is 7.11 Å². The van der Waals surface area contributed by atoms with E-state index in [2.05, 4.69) is 6.07 Å². The molecule has 0 aliphatic rings. The van der Waals surface area contributed by atoms with Gasteiger partial charge in [0.15, 0.2) is 0 Å². The first-order valence-corrected chi connectivity index (χ1v) is 10.1. The van der Waals surface area contributed by atoms with Crippen molar-refractivity contribution in [3.05, 3.63) is 107 Å². The lowest BCUT2D eigenvalue weighted by Gasteiger charge is -2.10. The summed E-state index contributed by atoms with van der Waals surface area (Å²) in [5.74, 6) is -0.568. The van der Waals surface area contributed by atoms with E-state index in [4.69, 9.17) is 10.00 Å². The summed E-state index contributed by atoms with van der Waals surface area (Å²) in [7, 11) is 1.57. The van der Waals surface area contributed by atoms with E-state index in [1.54, 1.807) is 43.5 Å². The van der Waals surface area contributed by atoms with Gasteiger partial charge < -0.3 is 4.74 Å². The number of nitriles is 1. The monoisotopic (exact) mass is 413 g/mol. The minimum atomic E-state index is -0.326. The molecule has 4 aromatic carbocycles. The van der Waals surface area contributed by atoms with Crippen LogP contribution in [0.15, 0.2) is 72.8 Å². The number of benzene rings is 4. The summed E-state index contributed by atoms with van der Waals surface area (Å²) in [6.07, 6.45) is 1.25. The van der Waals surface area contributed by atoms with Gasteiger partial charge in [0.05, 0.1) is 18.2 Å². The number of aryl methyl sites for hydroxylation is 2. The highest BCUT2D eigenvalue weighted by Crippen LogP contribution is 2.30. The largest absolute Gasteiger partial charge is 0.380 e. The molecule has 0 saturated heterocycles. The van der Waals surface area contributed by atoms with Crippen molar-refractivity contribution in [1.29, 1.82) is 5.26 Å². The summed E-state index contributed by atoms with van der Waals surface area (Å²) in [6, 6.07) is 23.4. The molecule has 2 nitrogen and oxygen atoms in total. The van der Waals surface area contributed by atoms with Crippen LogP contribution in [0.2, 0.25) is 0 Å². The Morgan fingerprint density at radius 3 is 2.32 bits per heavy atom. The minimum absolute atomic E-state index is 0.242. The SMILES string of the molecule is COCc1ccc(-c2ccc3c(F)c(CCc4ccc(C#N)cc4)ccc3c2)c(F)c1. The second kappa shape index (κ2) is 9.07. The van der Waals surface area contributed by atoms with Crippen LogP contribution >= 0.6 is 0 Å². The van der Waals surface area contributed by atoms with Gasteiger partial charge in [-0.25, -0.2) is 8.78 Å². The lowest BCUT2D eigenvalue weighted by molar-refractivity contribution is 0.184. The second-order valence-corrected chi connectivity index (χ2v) is 7.53. The summed E-state index contributed by atoms with van der Waals surface area (Å²) in [6.45, 7) is 0.353. The molecule has 0 atom stereocenters. The second-order valence-electron chi connectivity index (χ2n) is 7.53. The molecule has 31 heavy (non-hydrogen) atoms. The van der Waals surface area contributed by atoms with Crippen molar-refractivity contribution in [3.63, 3.8) is 0 Å². The topological polar surface area (TPSA) is 33.0 Å². The molecule has 0 unspecified atom stereocenters. The Hall–Kier alpha value is -3.55. The van der Waals surface area contributed by atoms with E-state index in [0.717, 1.165) is 16.5 Å². The molecule has 0 fully saturated rings. The van der Waals surface area contributed by atoms with Crippen molar-refractivity contribution < 1.29 is 13.5 Å². The Labute approximate surface area is 180 Å². The fourth-order valence-corrected chi connectivity index (χ4v) is 3.77. The van der Waals surface area contributed by atoms with E-state index in [0.29, 0.717) is 47.1 Å². The van der Waals surface area contributed by atoms with Gasteiger partial charge in [0, 0.05) is 18.1 Å². The number of methoxy groups -OCH3 is 1. The van der Waals surface area contributed by atoms with Crippen molar-refractivity contribution in [2.45, 2.75) is 19.4 Å². The molecule has 4 aromatic rings. The summed E-state index contributed by atoms with van der Waals surface area (Å²) in [5, 5.41) is 10.1. The number of fused-ring (bicyclic) bond motifs is 1. The summed E-state index contributed by atoms with van der Waals surface area (Å²) < 4.78 is 34.7. The van der Waals surface area contributed by atoms with Crippen LogP contribution in [-0.2, 0) is 24.2 Å². The lowest BCUT2D eigenvalue weighted by Crippen LogP contribution is -1.96. The number of nitrogens with zero attached hydrogens (tertiary/aromatic N) is 1. The van der Waals surface area contributed by atoms with E-state index in [-0.39, 0.29) is 11.6 Å². The van der Waals surface area contributed by atoms with E-state index in [1.165, 1.54) is 6.07 Å². The normalized spacial score (nSPS) is 10.9. The third-order valence-electron chi connectivity index (χ3n) is 5.46. The molecule has 0 aromatic heterocycles. The van der Waals surface area contributed by atoms with Gasteiger partial charge in [-0.2, -0.15) is 5.26 Å². The first-order valence-electron chi connectivity index (χ1n) is 10.1. The van der Waals surface area contributed by atoms with Crippen LogP contribution in [0.5, 0.6) is 0 Å². The number of ether oxygens (including phenoxy) is 1. The van der Waals surface area contributed by atoms with Crippen molar-refractivity contribution in [3.8, 4) is 17.2 Å². The molecule has 0 saturated carbocycles. The van der Waals surface area contributed by atoms with Crippen molar-refractivity contribution in [1.82, 2.24) is 0 Å². The van der Waals surface area contributed by atoms with Gasteiger partial charge in [-0.15, -0.1) is 0 Å². The van der Waals surface area contributed by atoms with Crippen LogP contribution in [0.1, 0.15) is 22.3 Å². The molecule has 0 bridgehead atoms. The van der Waals surface area contributed by atoms with E-state index in [1.807, 2.05) is 30.3 Å². The van der Waals surface area contributed by atoms with Crippen molar-refractivity contribution >= 4 is 10.8 Å². The Bertz CT molecular complexity index is 1270. The molecule has 4 heteroatoms. The molecule has 0 aliphatic heterocycles. The van der Waals surface area contributed by atoms with Crippen LogP contribution in [0.4, 0.5) is 8.78 Å². The molecule has 0 spiro atoms. The fourth-order valence-electron chi connectivity index (χ4n) is 3.77. The highest BCUT2D eigenvalue weighted by molar-refractivity contribution is 5.88. The molecule has 0 amide bonds. The summed E-state index contributed by atoms with van der Waals surface area (Å²) >= 11 is 0. The maximum absolute atomic E-state index is 15.1. The van der Waals surface area contributed by atoms with E-state index in [9.17, 15) is 4.39 Å². The predicted molar refractivity (Wildman–Crippen MR) is 119 cm³/mol. The summed E-state index contributed by atoms with van der Waals surface area (Å²) in [5.41, 5.74) is 4.26. The van der Waals surface area contributed by atoms with Crippen molar-refractivity contribution in [2.75, 3.05) is 7.11 Å². The average molecular weight is 413 g/mol. The first kappa shape index (κ1) is 20.7. The third-order valence-corrected chi connectivity index (χ3v) is 5.46. The Balaban J connectivity index is 1.58. The molecule has 0 radical (unpaired) electrons. The lowest BCUT2D eigenvalue weighted by atomic mass is 9.96. The molecule has 154 valence electrons. The molecule has 0 N–H and O–H groups in total. The van der Waals surface area contributed by atoms with Crippen LogP contribution < -0.4 is 0 Å². The maximum atomic E-state index is 15.1. The zero-order chi connectivity index (χ0) is 21.8. The van der Waals surface area contributed by atoms with Gasteiger partial charge in [-0.1, -0.05) is 48.5 Å². The minimum Gasteiger partial charge on any atom is -0.380 e. The van der Waals surface area contributed by atoms with Gasteiger partial charge in [0.25, 0.3) is 0 Å². The Kier molecular flexibility index (Phi) is 6.06. The highest BCUT2D eigenvalue weighted by Gasteiger charge is 2.11. The Morgan fingerprint density at radius 2 is 1.61 bits per heavy atom. The van der Waals surface area contributed by atoms with Gasteiger partial charge in [0.1, 0.15) is 11.6 Å². The number of rotatable bonds is 6. The number of halogens is 2. The molecule has 0 aliphatic carbocycles. The van der Waals surface area contributed by atoms with Gasteiger partial charge in [-0.05, 0) is 64.7 Å². The molecule has 0 heterocycles. The first-order chi connectivity index (χ1) is 15.1. The van der Waals surface area contributed by atoms with E-state index >= 15 is 4.39 Å².